The van der Waals surface area contributed by atoms with E-state index in [1.54, 1.807) is 6.20 Å². The Labute approximate surface area is 182 Å². The van der Waals surface area contributed by atoms with Crippen LogP contribution in [0.15, 0.2) is 54.7 Å². The minimum Gasteiger partial charge on any atom is -0.345 e. The molecule has 1 atom stereocenters. The van der Waals surface area contributed by atoms with Crippen molar-refractivity contribution in [2.45, 2.75) is 46.1 Å². The molecule has 0 saturated heterocycles. The summed E-state index contributed by atoms with van der Waals surface area (Å²) >= 11 is 0. The number of rotatable bonds is 7. The van der Waals surface area contributed by atoms with Crippen LogP contribution in [-0.2, 0) is 11.2 Å². The first kappa shape index (κ1) is 20.8. The van der Waals surface area contributed by atoms with Crippen molar-refractivity contribution >= 4 is 17.5 Å². The van der Waals surface area contributed by atoms with E-state index in [1.165, 1.54) is 5.56 Å². The SMILES string of the molecule is CCc1c(C(=O)NC(C)c2ccc(NC(=O)C3CC3)cc2)cnn1-c1ccc(C)cc1. The summed E-state index contributed by atoms with van der Waals surface area (Å²) in [5, 5.41) is 10.5. The normalized spacial score (nSPS) is 14.2. The van der Waals surface area contributed by atoms with Gasteiger partial charge in [0.05, 0.1) is 29.2 Å². The molecule has 1 aromatic heterocycles. The highest BCUT2D eigenvalue weighted by Gasteiger charge is 2.29. The fourth-order valence-corrected chi connectivity index (χ4v) is 3.61. The van der Waals surface area contributed by atoms with E-state index < -0.39 is 0 Å². The average molecular weight is 417 g/mol. The number of aryl methyl sites for hydroxylation is 1. The quantitative estimate of drug-likeness (QED) is 0.592. The summed E-state index contributed by atoms with van der Waals surface area (Å²) < 4.78 is 1.83. The molecule has 0 spiro atoms. The maximum Gasteiger partial charge on any atom is 0.255 e. The van der Waals surface area contributed by atoms with Crippen molar-refractivity contribution in [3.05, 3.63) is 77.1 Å². The molecule has 1 heterocycles. The molecule has 1 aliphatic carbocycles. The fraction of sp³-hybridized carbons (Fsp3) is 0.320. The molecule has 2 aromatic carbocycles. The molecule has 1 unspecified atom stereocenters. The zero-order chi connectivity index (χ0) is 22.0. The molecule has 1 aliphatic rings. The summed E-state index contributed by atoms with van der Waals surface area (Å²) in [6.45, 7) is 6.02. The minimum absolute atomic E-state index is 0.0896. The lowest BCUT2D eigenvalue weighted by Gasteiger charge is -2.15. The zero-order valence-electron chi connectivity index (χ0n) is 18.2. The van der Waals surface area contributed by atoms with Crippen LogP contribution in [0.3, 0.4) is 0 Å². The van der Waals surface area contributed by atoms with Crippen LogP contribution in [0.5, 0.6) is 0 Å². The second-order valence-corrected chi connectivity index (χ2v) is 8.19. The Balaban J connectivity index is 1.45. The minimum atomic E-state index is -0.173. The van der Waals surface area contributed by atoms with E-state index in [-0.39, 0.29) is 23.8 Å². The summed E-state index contributed by atoms with van der Waals surface area (Å²) in [4.78, 5) is 24.9. The maximum atomic E-state index is 13.0. The summed E-state index contributed by atoms with van der Waals surface area (Å²) in [5.41, 5.74) is 5.35. The molecular formula is C25H28N4O2. The second kappa shape index (κ2) is 8.76. The Bertz CT molecular complexity index is 1080. The predicted octanol–water partition coefficient (Wildman–Crippen LogP) is 4.58. The molecule has 0 radical (unpaired) electrons. The van der Waals surface area contributed by atoms with E-state index in [0.29, 0.717) is 12.0 Å². The van der Waals surface area contributed by atoms with E-state index >= 15 is 0 Å². The van der Waals surface area contributed by atoms with Gasteiger partial charge in [-0.15, -0.1) is 0 Å². The van der Waals surface area contributed by atoms with E-state index in [4.69, 9.17) is 0 Å². The van der Waals surface area contributed by atoms with E-state index in [9.17, 15) is 9.59 Å². The lowest BCUT2D eigenvalue weighted by molar-refractivity contribution is -0.117. The highest BCUT2D eigenvalue weighted by Crippen LogP contribution is 2.30. The summed E-state index contributed by atoms with van der Waals surface area (Å²) in [6.07, 6.45) is 4.29. The Kier molecular flexibility index (Phi) is 5.89. The smallest absolute Gasteiger partial charge is 0.255 e. The molecule has 1 saturated carbocycles. The largest absolute Gasteiger partial charge is 0.345 e. The molecule has 160 valence electrons. The molecule has 2 amide bonds. The van der Waals surface area contributed by atoms with Gasteiger partial charge < -0.3 is 10.6 Å². The number of nitrogens with zero attached hydrogens (tertiary/aromatic N) is 2. The van der Waals surface area contributed by atoms with E-state index in [2.05, 4.69) is 15.7 Å². The summed E-state index contributed by atoms with van der Waals surface area (Å²) in [5.74, 6) is 0.118. The number of aromatic nitrogens is 2. The first-order valence-corrected chi connectivity index (χ1v) is 10.8. The van der Waals surface area contributed by atoms with Gasteiger partial charge in [-0.1, -0.05) is 36.8 Å². The molecule has 2 N–H and O–H groups in total. The number of anilines is 1. The van der Waals surface area contributed by atoms with Crippen LogP contribution in [0, 0.1) is 12.8 Å². The molecule has 31 heavy (non-hydrogen) atoms. The van der Waals surface area contributed by atoms with Gasteiger partial charge >= 0.3 is 0 Å². The molecule has 6 nitrogen and oxygen atoms in total. The molecule has 0 bridgehead atoms. The number of carbonyl (C=O) groups excluding carboxylic acids is 2. The van der Waals surface area contributed by atoms with Crippen molar-refractivity contribution in [2.24, 2.45) is 5.92 Å². The van der Waals surface area contributed by atoms with Crippen LogP contribution < -0.4 is 10.6 Å². The molecule has 4 rings (SSSR count). The standard InChI is InChI=1S/C25H28N4O2/c1-4-23-22(15-26-29(23)21-13-5-16(2)6-14-21)25(31)27-17(3)18-9-11-20(12-10-18)28-24(30)19-7-8-19/h5-6,9-15,17,19H,4,7-8H2,1-3H3,(H,27,31)(H,28,30). The van der Waals surface area contributed by atoms with Crippen LogP contribution in [0.2, 0.25) is 0 Å². The van der Waals surface area contributed by atoms with Gasteiger partial charge in [0.15, 0.2) is 0 Å². The third-order valence-electron chi connectivity index (χ3n) is 5.70. The number of nitrogens with one attached hydrogen (secondary N) is 2. The molecular weight excluding hydrogens is 388 g/mol. The molecule has 0 aliphatic heterocycles. The van der Waals surface area contributed by atoms with Gasteiger partial charge in [-0.25, -0.2) is 4.68 Å². The zero-order valence-corrected chi connectivity index (χ0v) is 18.2. The Morgan fingerprint density at radius 2 is 1.77 bits per heavy atom. The van der Waals surface area contributed by atoms with Crippen LogP contribution in [0.1, 0.15) is 59.9 Å². The van der Waals surface area contributed by atoms with Gasteiger partial charge in [-0.3, -0.25) is 9.59 Å². The van der Waals surface area contributed by atoms with Gasteiger partial charge in [0, 0.05) is 11.6 Å². The Morgan fingerprint density at radius 1 is 1.10 bits per heavy atom. The lowest BCUT2D eigenvalue weighted by atomic mass is 10.1. The number of hydrogen-bond acceptors (Lipinski definition) is 3. The van der Waals surface area contributed by atoms with Crippen molar-refractivity contribution in [3.8, 4) is 5.69 Å². The van der Waals surface area contributed by atoms with Crippen molar-refractivity contribution in [1.82, 2.24) is 15.1 Å². The molecule has 3 aromatic rings. The first-order valence-electron chi connectivity index (χ1n) is 10.8. The van der Waals surface area contributed by atoms with Gasteiger partial charge in [0.25, 0.3) is 5.91 Å². The lowest BCUT2D eigenvalue weighted by Crippen LogP contribution is -2.27. The molecule has 6 heteroatoms. The third-order valence-corrected chi connectivity index (χ3v) is 5.70. The Morgan fingerprint density at radius 3 is 2.39 bits per heavy atom. The van der Waals surface area contributed by atoms with Crippen LogP contribution in [0.4, 0.5) is 5.69 Å². The van der Waals surface area contributed by atoms with Gasteiger partial charge in [-0.05, 0) is 62.9 Å². The number of benzene rings is 2. The predicted molar refractivity (Wildman–Crippen MR) is 121 cm³/mol. The van der Waals surface area contributed by atoms with E-state index in [1.807, 2.05) is 74.0 Å². The number of amides is 2. The monoisotopic (exact) mass is 416 g/mol. The third kappa shape index (κ3) is 4.68. The highest BCUT2D eigenvalue weighted by atomic mass is 16.2. The second-order valence-electron chi connectivity index (χ2n) is 8.19. The topological polar surface area (TPSA) is 76.0 Å². The van der Waals surface area contributed by atoms with E-state index in [0.717, 1.165) is 35.5 Å². The fourth-order valence-electron chi connectivity index (χ4n) is 3.61. The number of carbonyl (C=O) groups is 2. The first-order chi connectivity index (χ1) is 15.0. The van der Waals surface area contributed by atoms with Crippen molar-refractivity contribution in [1.29, 1.82) is 0 Å². The van der Waals surface area contributed by atoms with Gasteiger partial charge in [-0.2, -0.15) is 5.10 Å². The van der Waals surface area contributed by atoms with Crippen molar-refractivity contribution in [3.63, 3.8) is 0 Å². The maximum absolute atomic E-state index is 13.0. The highest BCUT2D eigenvalue weighted by molar-refractivity contribution is 5.95. The average Bonchev–Trinajstić information content (AvgIpc) is 3.53. The summed E-state index contributed by atoms with van der Waals surface area (Å²) in [6, 6.07) is 15.5. The van der Waals surface area contributed by atoms with Crippen LogP contribution in [-0.4, -0.2) is 21.6 Å². The Hall–Kier alpha value is -3.41. The van der Waals surface area contributed by atoms with Gasteiger partial charge in [0.1, 0.15) is 0 Å². The molecule has 1 fully saturated rings. The van der Waals surface area contributed by atoms with Crippen molar-refractivity contribution < 1.29 is 9.59 Å². The van der Waals surface area contributed by atoms with Gasteiger partial charge in [0.2, 0.25) is 5.91 Å². The summed E-state index contributed by atoms with van der Waals surface area (Å²) in [7, 11) is 0. The number of hydrogen-bond donors (Lipinski definition) is 2. The van der Waals surface area contributed by atoms with Crippen LogP contribution in [0.25, 0.3) is 5.69 Å². The van der Waals surface area contributed by atoms with Crippen molar-refractivity contribution in [2.75, 3.05) is 5.32 Å². The van der Waals surface area contributed by atoms with Crippen LogP contribution >= 0.6 is 0 Å².